The lowest BCUT2D eigenvalue weighted by atomic mass is 9.87. The van der Waals surface area contributed by atoms with Gasteiger partial charge in [0.15, 0.2) is 0 Å². The molecule has 0 aromatic heterocycles. The average Bonchev–Trinajstić information content (AvgIpc) is 2.65. The van der Waals surface area contributed by atoms with Gasteiger partial charge in [-0.05, 0) is 40.8 Å². The highest BCUT2D eigenvalue weighted by molar-refractivity contribution is 14.1. The predicted molar refractivity (Wildman–Crippen MR) is 108 cm³/mol. The van der Waals surface area contributed by atoms with Gasteiger partial charge in [0.1, 0.15) is 9.36 Å². The van der Waals surface area contributed by atoms with Crippen LogP contribution in [0, 0.1) is 5.82 Å². The summed E-state index contributed by atoms with van der Waals surface area (Å²) in [6, 6.07) is 26.1. The molecule has 0 amide bonds. The van der Waals surface area contributed by atoms with E-state index in [1.807, 2.05) is 18.2 Å². The predicted octanol–water partition coefficient (Wildman–Crippen LogP) is 5.52. The topological polar surface area (TPSA) is 3.24 Å². The van der Waals surface area contributed by atoms with Crippen LogP contribution >= 0.6 is 22.6 Å². The Labute approximate surface area is 161 Å². The number of hydrogen-bond donors (Lipinski definition) is 0. The molecule has 1 nitrogen and oxygen atoms in total. The highest BCUT2D eigenvalue weighted by atomic mass is 127. The molecule has 3 aromatic rings. The van der Waals surface area contributed by atoms with Crippen molar-refractivity contribution in [2.45, 2.75) is 16.5 Å². The van der Waals surface area contributed by atoms with Gasteiger partial charge in [-0.2, -0.15) is 0 Å². The van der Waals surface area contributed by atoms with Crippen LogP contribution in [0.4, 0.5) is 4.39 Å². The molecular weight excluding hydrogens is 424 g/mol. The van der Waals surface area contributed by atoms with Crippen LogP contribution in [0.15, 0.2) is 78.9 Å². The second-order valence-corrected chi connectivity index (χ2v) is 8.01. The number of fused-ring (bicyclic) bond motifs is 1. The zero-order chi connectivity index (χ0) is 17.3. The molecule has 0 bridgehead atoms. The molecule has 0 spiro atoms. The molecule has 1 heterocycles. The fourth-order valence-electron chi connectivity index (χ4n) is 3.67. The lowest BCUT2D eigenvalue weighted by molar-refractivity contribution is 0.190. The summed E-state index contributed by atoms with van der Waals surface area (Å²) < 4.78 is 13.6. The van der Waals surface area contributed by atoms with Gasteiger partial charge in [-0.3, -0.25) is 4.90 Å². The normalized spacial score (nSPS) is 20.2. The smallest absolute Gasteiger partial charge is 0.125 e. The van der Waals surface area contributed by atoms with Gasteiger partial charge >= 0.3 is 0 Å². The van der Waals surface area contributed by atoms with E-state index in [0.717, 1.165) is 25.1 Å². The minimum atomic E-state index is -0.370. The van der Waals surface area contributed by atoms with Gasteiger partial charge in [-0.15, -0.1) is 0 Å². The Morgan fingerprint density at radius 3 is 2.48 bits per heavy atom. The van der Waals surface area contributed by atoms with Gasteiger partial charge in [-0.25, -0.2) is 4.39 Å². The van der Waals surface area contributed by atoms with Crippen molar-refractivity contribution in [1.82, 2.24) is 4.90 Å². The zero-order valence-electron chi connectivity index (χ0n) is 13.8. The molecule has 1 atom stereocenters. The van der Waals surface area contributed by atoms with Crippen LogP contribution in [0.25, 0.3) is 0 Å². The summed E-state index contributed by atoms with van der Waals surface area (Å²) in [5, 5.41) is 0. The number of nitrogens with zero attached hydrogens (tertiary/aromatic N) is 1. The first-order valence-corrected chi connectivity index (χ1v) is 9.58. The molecule has 0 saturated carbocycles. The zero-order valence-corrected chi connectivity index (χ0v) is 16.0. The van der Waals surface area contributed by atoms with Crippen molar-refractivity contribution >= 4 is 22.6 Å². The average molecular weight is 443 g/mol. The van der Waals surface area contributed by atoms with Gasteiger partial charge in [0.25, 0.3) is 0 Å². The molecule has 0 saturated heterocycles. The Morgan fingerprint density at radius 2 is 1.68 bits per heavy atom. The van der Waals surface area contributed by atoms with E-state index in [2.05, 4.69) is 76.0 Å². The molecule has 0 fully saturated rings. The van der Waals surface area contributed by atoms with Crippen molar-refractivity contribution in [2.75, 3.05) is 6.54 Å². The van der Waals surface area contributed by atoms with Gasteiger partial charge < -0.3 is 0 Å². The first-order chi connectivity index (χ1) is 12.2. The van der Waals surface area contributed by atoms with Crippen molar-refractivity contribution in [2.24, 2.45) is 0 Å². The van der Waals surface area contributed by atoms with E-state index >= 15 is 0 Å². The van der Waals surface area contributed by atoms with Gasteiger partial charge in [0.05, 0.1) is 0 Å². The third-order valence-corrected chi connectivity index (χ3v) is 6.77. The van der Waals surface area contributed by atoms with Crippen LogP contribution in [0.1, 0.15) is 22.3 Å². The molecule has 3 heteroatoms. The maximum absolute atomic E-state index is 14.0. The van der Waals surface area contributed by atoms with E-state index in [1.54, 1.807) is 6.07 Å². The van der Waals surface area contributed by atoms with Crippen molar-refractivity contribution in [3.05, 3.63) is 107 Å². The van der Waals surface area contributed by atoms with E-state index in [9.17, 15) is 4.39 Å². The molecule has 3 aromatic carbocycles. The highest BCUT2D eigenvalue weighted by Gasteiger charge is 2.41. The Morgan fingerprint density at radius 1 is 0.920 bits per heavy atom. The van der Waals surface area contributed by atoms with Crippen LogP contribution in [0.2, 0.25) is 0 Å². The van der Waals surface area contributed by atoms with Crippen LogP contribution in [-0.4, -0.2) is 11.4 Å². The standard InChI is InChI=1S/C22H19FIN/c23-20-11-6-10-19(15-20)22(24)21-12-5-4-9-18(21)13-14-25(22)16-17-7-2-1-3-8-17/h1-12,15H,13-14,16H2. The second kappa shape index (κ2) is 6.89. The first-order valence-electron chi connectivity index (χ1n) is 8.50. The van der Waals surface area contributed by atoms with Gasteiger partial charge in [-0.1, -0.05) is 89.3 Å². The quantitative estimate of drug-likeness (QED) is 0.293. The molecule has 1 aliphatic heterocycles. The van der Waals surface area contributed by atoms with Crippen LogP contribution < -0.4 is 0 Å². The minimum absolute atomic E-state index is 0.184. The molecule has 126 valence electrons. The molecule has 0 radical (unpaired) electrons. The lowest BCUT2D eigenvalue weighted by Crippen LogP contribution is -2.46. The Balaban J connectivity index is 1.84. The van der Waals surface area contributed by atoms with Crippen molar-refractivity contribution in [1.29, 1.82) is 0 Å². The van der Waals surface area contributed by atoms with Gasteiger partial charge in [0, 0.05) is 13.1 Å². The van der Waals surface area contributed by atoms with E-state index in [-0.39, 0.29) is 9.36 Å². The largest absolute Gasteiger partial charge is 0.277 e. The molecule has 1 aliphatic rings. The number of benzene rings is 3. The Kier molecular flexibility index (Phi) is 4.61. The van der Waals surface area contributed by atoms with Crippen molar-refractivity contribution in [3.63, 3.8) is 0 Å². The summed E-state index contributed by atoms with van der Waals surface area (Å²) in [5.74, 6) is -0.184. The van der Waals surface area contributed by atoms with E-state index in [0.29, 0.717) is 0 Å². The fraction of sp³-hybridized carbons (Fsp3) is 0.182. The summed E-state index contributed by atoms with van der Waals surface area (Å²) in [6.45, 7) is 1.79. The third kappa shape index (κ3) is 3.11. The fourth-order valence-corrected chi connectivity index (χ4v) is 4.94. The highest BCUT2D eigenvalue weighted by Crippen LogP contribution is 2.47. The summed E-state index contributed by atoms with van der Waals surface area (Å²) in [6.07, 6.45) is 1.02. The van der Waals surface area contributed by atoms with E-state index in [1.165, 1.54) is 22.8 Å². The van der Waals surface area contributed by atoms with Crippen LogP contribution in [0.3, 0.4) is 0 Å². The first kappa shape index (κ1) is 16.7. The summed E-state index contributed by atoms with van der Waals surface area (Å²) in [5.41, 5.74) is 4.89. The lowest BCUT2D eigenvalue weighted by Gasteiger charge is -2.45. The summed E-state index contributed by atoms with van der Waals surface area (Å²) >= 11 is 2.51. The SMILES string of the molecule is Fc1cccc(C2(I)c3ccccc3CCN2Cc2ccccc2)c1. The maximum Gasteiger partial charge on any atom is 0.125 e. The summed E-state index contributed by atoms with van der Waals surface area (Å²) in [4.78, 5) is 2.46. The number of hydrogen-bond acceptors (Lipinski definition) is 1. The number of alkyl halides is 1. The Bertz CT molecular complexity index is 880. The van der Waals surface area contributed by atoms with E-state index in [4.69, 9.17) is 0 Å². The monoisotopic (exact) mass is 443 g/mol. The Hall–Kier alpha value is -1.72. The summed E-state index contributed by atoms with van der Waals surface area (Å²) in [7, 11) is 0. The molecule has 0 N–H and O–H groups in total. The van der Waals surface area contributed by atoms with Crippen molar-refractivity contribution in [3.8, 4) is 0 Å². The van der Waals surface area contributed by atoms with Crippen molar-refractivity contribution < 1.29 is 4.39 Å². The molecule has 1 unspecified atom stereocenters. The molecule has 25 heavy (non-hydrogen) atoms. The maximum atomic E-state index is 14.0. The third-order valence-electron chi connectivity index (χ3n) is 4.88. The van der Waals surface area contributed by atoms with E-state index < -0.39 is 0 Å². The van der Waals surface area contributed by atoms with Gasteiger partial charge in [0.2, 0.25) is 0 Å². The number of halogens is 2. The molecule has 4 rings (SSSR count). The molecule has 0 aliphatic carbocycles. The minimum Gasteiger partial charge on any atom is -0.277 e. The second-order valence-electron chi connectivity index (χ2n) is 6.45. The van der Waals surface area contributed by atoms with Crippen LogP contribution in [0.5, 0.6) is 0 Å². The van der Waals surface area contributed by atoms with Crippen LogP contribution in [-0.2, 0) is 16.5 Å². The number of rotatable bonds is 3. The molecular formula is C22H19FIN.